The van der Waals surface area contributed by atoms with E-state index in [0.29, 0.717) is 6.42 Å². The van der Waals surface area contributed by atoms with E-state index in [2.05, 4.69) is 45.0 Å². The maximum absolute atomic E-state index is 12.7. The van der Waals surface area contributed by atoms with Crippen LogP contribution in [-0.4, -0.2) is 41.8 Å². The number of nitrogens with zero attached hydrogens (tertiary/aromatic N) is 1. The van der Waals surface area contributed by atoms with Crippen molar-refractivity contribution in [2.75, 3.05) is 13.7 Å². The van der Waals surface area contributed by atoms with Gasteiger partial charge in [0.1, 0.15) is 12.6 Å². The first-order valence-electron chi connectivity index (χ1n) is 10.5. The molecular formula is C25H31NO4. The number of aliphatic carboxylic acids is 1. The minimum absolute atomic E-state index is 0.0427. The van der Waals surface area contributed by atoms with Gasteiger partial charge in [-0.25, -0.2) is 9.59 Å². The Morgan fingerprint density at radius 2 is 1.57 bits per heavy atom. The molecule has 2 aromatic rings. The molecule has 1 amide bonds. The van der Waals surface area contributed by atoms with E-state index in [9.17, 15) is 14.7 Å². The Bertz CT molecular complexity index is 870. The van der Waals surface area contributed by atoms with Crippen molar-refractivity contribution in [2.24, 2.45) is 5.41 Å². The van der Waals surface area contributed by atoms with Crippen molar-refractivity contribution < 1.29 is 19.4 Å². The molecule has 0 radical (unpaired) electrons. The number of amides is 1. The summed E-state index contributed by atoms with van der Waals surface area (Å²) in [6.07, 6.45) is 1.45. The quantitative estimate of drug-likeness (QED) is 0.652. The Balaban J connectivity index is 1.66. The van der Waals surface area contributed by atoms with E-state index >= 15 is 0 Å². The van der Waals surface area contributed by atoms with Gasteiger partial charge in [0.15, 0.2) is 0 Å². The topological polar surface area (TPSA) is 66.8 Å². The Morgan fingerprint density at radius 3 is 2.07 bits per heavy atom. The van der Waals surface area contributed by atoms with Crippen LogP contribution >= 0.6 is 0 Å². The van der Waals surface area contributed by atoms with Crippen molar-refractivity contribution in [3.05, 3.63) is 59.7 Å². The van der Waals surface area contributed by atoms with Crippen molar-refractivity contribution in [2.45, 2.75) is 52.0 Å². The minimum atomic E-state index is -1.00. The first kappa shape index (κ1) is 21.9. The van der Waals surface area contributed by atoms with Crippen molar-refractivity contribution in [3.8, 4) is 11.1 Å². The van der Waals surface area contributed by atoms with E-state index in [1.807, 2.05) is 24.3 Å². The molecule has 3 rings (SSSR count). The lowest BCUT2D eigenvalue weighted by Gasteiger charge is -2.26. The van der Waals surface area contributed by atoms with E-state index in [0.717, 1.165) is 35.1 Å². The van der Waals surface area contributed by atoms with Gasteiger partial charge in [0.2, 0.25) is 0 Å². The maximum Gasteiger partial charge on any atom is 0.410 e. The Kier molecular flexibility index (Phi) is 6.49. The first-order valence-corrected chi connectivity index (χ1v) is 10.5. The van der Waals surface area contributed by atoms with Gasteiger partial charge in [0.05, 0.1) is 0 Å². The SMILES string of the molecule is CN(C(=O)OCC1c2ccccc2-c2ccccc21)[C@H](CCCC(C)(C)C)C(=O)O. The van der Waals surface area contributed by atoms with Crippen LogP contribution in [0.1, 0.15) is 57.1 Å². The number of fused-ring (bicyclic) bond motifs is 3. The fraction of sp³-hybridized carbons (Fsp3) is 0.440. The molecule has 2 aromatic carbocycles. The normalized spacial score (nSPS) is 14.0. The highest BCUT2D eigenvalue weighted by Gasteiger charge is 2.31. The molecule has 0 aliphatic heterocycles. The molecule has 0 aromatic heterocycles. The summed E-state index contributed by atoms with van der Waals surface area (Å²) in [4.78, 5) is 25.6. The summed E-state index contributed by atoms with van der Waals surface area (Å²) in [6, 6.07) is 15.4. The van der Waals surface area contributed by atoms with Gasteiger partial charge in [0.25, 0.3) is 0 Å². The molecule has 0 spiro atoms. The average Bonchev–Trinajstić information content (AvgIpc) is 3.02. The highest BCUT2D eigenvalue weighted by molar-refractivity contribution is 5.81. The van der Waals surface area contributed by atoms with E-state index < -0.39 is 18.1 Å². The van der Waals surface area contributed by atoms with E-state index in [1.54, 1.807) is 0 Å². The number of carbonyl (C=O) groups is 2. The maximum atomic E-state index is 12.7. The molecule has 0 heterocycles. The Hall–Kier alpha value is -2.82. The Morgan fingerprint density at radius 1 is 1.03 bits per heavy atom. The molecule has 160 valence electrons. The molecule has 5 heteroatoms. The zero-order chi connectivity index (χ0) is 21.9. The number of carboxylic acid groups (broad SMARTS) is 1. The number of rotatable bonds is 7. The van der Waals surface area contributed by atoms with E-state index in [4.69, 9.17) is 4.74 Å². The minimum Gasteiger partial charge on any atom is -0.480 e. The summed E-state index contributed by atoms with van der Waals surface area (Å²) in [5.74, 6) is -1.04. The molecule has 0 unspecified atom stereocenters. The number of hydrogen-bond acceptors (Lipinski definition) is 3. The van der Waals surface area contributed by atoms with Crippen LogP contribution in [0.25, 0.3) is 11.1 Å². The number of likely N-dealkylation sites (N-methyl/N-ethyl adjacent to an activating group) is 1. The molecule has 1 aliphatic carbocycles. The summed E-state index contributed by atoms with van der Waals surface area (Å²) in [7, 11) is 1.51. The first-order chi connectivity index (χ1) is 14.2. The average molecular weight is 410 g/mol. The van der Waals surface area contributed by atoms with Crippen LogP contribution in [-0.2, 0) is 9.53 Å². The van der Waals surface area contributed by atoms with Crippen LogP contribution in [0, 0.1) is 5.41 Å². The molecule has 0 saturated carbocycles. The third-order valence-electron chi connectivity index (χ3n) is 5.78. The fourth-order valence-electron chi connectivity index (χ4n) is 4.13. The summed E-state index contributed by atoms with van der Waals surface area (Å²) >= 11 is 0. The molecule has 1 N–H and O–H groups in total. The van der Waals surface area contributed by atoms with Crippen LogP contribution < -0.4 is 0 Å². The van der Waals surface area contributed by atoms with Crippen molar-refractivity contribution in [1.82, 2.24) is 4.90 Å². The smallest absolute Gasteiger partial charge is 0.410 e. The predicted octanol–water partition coefficient (Wildman–Crippen LogP) is 5.54. The number of carbonyl (C=O) groups excluding carboxylic acids is 1. The van der Waals surface area contributed by atoms with Crippen LogP contribution in [0.15, 0.2) is 48.5 Å². The number of hydrogen-bond donors (Lipinski definition) is 1. The van der Waals surface area contributed by atoms with Gasteiger partial charge >= 0.3 is 12.1 Å². The lowest BCUT2D eigenvalue weighted by molar-refractivity contribution is -0.142. The summed E-state index contributed by atoms with van der Waals surface area (Å²) in [5, 5.41) is 9.61. The molecular weight excluding hydrogens is 378 g/mol. The van der Waals surface area contributed by atoms with Gasteiger partial charge in [-0.1, -0.05) is 75.7 Å². The largest absolute Gasteiger partial charge is 0.480 e. The standard InChI is InChI=1S/C25H31NO4/c1-25(2,3)15-9-14-22(23(27)28)26(4)24(29)30-16-21-19-12-7-5-10-17(19)18-11-6-8-13-20(18)21/h5-8,10-13,21-22H,9,14-16H2,1-4H3,(H,27,28)/t22-/m1/s1. The molecule has 0 saturated heterocycles. The lowest BCUT2D eigenvalue weighted by atomic mass is 9.89. The number of ether oxygens (including phenoxy) is 1. The highest BCUT2D eigenvalue weighted by Crippen LogP contribution is 2.44. The fourth-order valence-corrected chi connectivity index (χ4v) is 4.13. The third-order valence-corrected chi connectivity index (χ3v) is 5.78. The second kappa shape index (κ2) is 8.90. The lowest BCUT2D eigenvalue weighted by Crippen LogP contribution is -2.43. The van der Waals surface area contributed by atoms with E-state index in [1.165, 1.54) is 11.9 Å². The third kappa shape index (κ3) is 4.84. The van der Waals surface area contributed by atoms with Gasteiger partial charge in [-0.15, -0.1) is 0 Å². The zero-order valence-electron chi connectivity index (χ0n) is 18.2. The summed E-state index contributed by atoms with van der Waals surface area (Å²) in [6.45, 7) is 6.56. The number of carboxylic acids is 1. The van der Waals surface area contributed by atoms with Crippen LogP contribution in [0.4, 0.5) is 4.79 Å². The van der Waals surface area contributed by atoms with E-state index in [-0.39, 0.29) is 17.9 Å². The van der Waals surface area contributed by atoms with Crippen LogP contribution in [0.3, 0.4) is 0 Å². The second-order valence-corrected chi connectivity index (χ2v) is 9.22. The summed E-state index contributed by atoms with van der Waals surface area (Å²) in [5.41, 5.74) is 4.72. The molecule has 1 aliphatic rings. The monoisotopic (exact) mass is 409 g/mol. The predicted molar refractivity (Wildman–Crippen MR) is 118 cm³/mol. The van der Waals surface area contributed by atoms with Crippen molar-refractivity contribution in [1.29, 1.82) is 0 Å². The van der Waals surface area contributed by atoms with Gasteiger partial charge in [0, 0.05) is 13.0 Å². The second-order valence-electron chi connectivity index (χ2n) is 9.22. The van der Waals surface area contributed by atoms with Gasteiger partial charge in [-0.3, -0.25) is 4.90 Å². The van der Waals surface area contributed by atoms with Crippen LogP contribution in [0.2, 0.25) is 0 Å². The molecule has 5 nitrogen and oxygen atoms in total. The molecule has 0 fully saturated rings. The van der Waals surface area contributed by atoms with Crippen molar-refractivity contribution >= 4 is 12.1 Å². The summed E-state index contributed by atoms with van der Waals surface area (Å²) < 4.78 is 5.60. The van der Waals surface area contributed by atoms with Crippen molar-refractivity contribution in [3.63, 3.8) is 0 Å². The number of benzene rings is 2. The van der Waals surface area contributed by atoms with Gasteiger partial charge in [-0.2, -0.15) is 0 Å². The Labute approximate surface area is 178 Å². The van der Waals surface area contributed by atoms with Gasteiger partial charge in [-0.05, 0) is 40.5 Å². The molecule has 30 heavy (non-hydrogen) atoms. The zero-order valence-corrected chi connectivity index (χ0v) is 18.2. The molecule has 0 bridgehead atoms. The highest BCUT2D eigenvalue weighted by atomic mass is 16.6. The van der Waals surface area contributed by atoms with Crippen LogP contribution in [0.5, 0.6) is 0 Å². The molecule has 1 atom stereocenters. The van der Waals surface area contributed by atoms with Gasteiger partial charge < -0.3 is 9.84 Å².